The van der Waals surface area contributed by atoms with Gasteiger partial charge in [0, 0.05) is 17.2 Å². The average Bonchev–Trinajstić information content (AvgIpc) is 2.73. The van der Waals surface area contributed by atoms with Crippen molar-refractivity contribution in [2.24, 2.45) is 5.73 Å². The van der Waals surface area contributed by atoms with Crippen LogP contribution in [0, 0.1) is 21.7 Å². The first kappa shape index (κ1) is 20.9. The monoisotopic (exact) mass is 428 g/mol. The molecule has 30 heavy (non-hydrogen) atoms. The SMILES string of the molecule is N#Cc1ccc2c(c1)[n+]([O-])c(NC(=O)Nc1cc(Cl)ccc1OCCCN)c[n+]2[O-]. The molecule has 0 aliphatic rings. The zero-order valence-electron chi connectivity index (χ0n) is 15.6. The third kappa shape index (κ3) is 4.60. The zero-order valence-corrected chi connectivity index (χ0v) is 16.3. The highest BCUT2D eigenvalue weighted by Gasteiger charge is 2.21. The number of nitrogens with one attached hydrogen (secondary N) is 2. The van der Waals surface area contributed by atoms with Gasteiger partial charge in [-0.15, -0.1) is 0 Å². The first-order valence-electron chi connectivity index (χ1n) is 8.83. The minimum atomic E-state index is -0.790. The van der Waals surface area contributed by atoms with Gasteiger partial charge in [0.2, 0.25) is 5.52 Å². The molecule has 0 fully saturated rings. The molecule has 2 amide bonds. The number of nitrogens with zero attached hydrogens (tertiary/aromatic N) is 3. The molecule has 10 nitrogen and oxygen atoms in total. The minimum Gasteiger partial charge on any atom is -0.710 e. The molecule has 0 saturated heterocycles. The summed E-state index contributed by atoms with van der Waals surface area (Å²) in [5, 5.41) is 39.0. The van der Waals surface area contributed by atoms with Gasteiger partial charge in [0.25, 0.3) is 11.7 Å². The van der Waals surface area contributed by atoms with Crippen molar-refractivity contribution in [3.8, 4) is 11.8 Å². The second-order valence-corrected chi connectivity index (χ2v) is 6.60. The maximum Gasteiger partial charge on any atom is 0.411 e. The van der Waals surface area contributed by atoms with Crippen molar-refractivity contribution in [1.82, 2.24) is 0 Å². The van der Waals surface area contributed by atoms with E-state index < -0.39 is 6.03 Å². The van der Waals surface area contributed by atoms with Crippen LogP contribution in [0.25, 0.3) is 11.0 Å². The summed E-state index contributed by atoms with van der Waals surface area (Å²) in [6.45, 7) is 0.794. The molecule has 11 heteroatoms. The van der Waals surface area contributed by atoms with E-state index in [2.05, 4.69) is 10.6 Å². The number of hydrogen-bond acceptors (Lipinski definition) is 6. The Labute approximate surface area is 176 Å². The van der Waals surface area contributed by atoms with E-state index in [-0.39, 0.29) is 28.1 Å². The molecule has 0 saturated carbocycles. The highest BCUT2D eigenvalue weighted by molar-refractivity contribution is 6.31. The fraction of sp³-hybridized carbons (Fsp3) is 0.158. The molecule has 154 valence electrons. The summed E-state index contributed by atoms with van der Waals surface area (Å²) in [5.74, 6) is 0.0479. The number of halogens is 1. The summed E-state index contributed by atoms with van der Waals surface area (Å²) >= 11 is 5.99. The number of benzene rings is 2. The maximum atomic E-state index is 12.6. The molecule has 3 aromatic rings. The molecule has 0 bridgehead atoms. The predicted octanol–water partition coefficient (Wildman–Crippen LogP) is 2.00. The van der Waals surface area contributed by atoms with Crippen molar-refractivity contribution >= 4 is 40.2 Å². The van der Waals surface area contributed by atoms with E-state index in [4.69, 9.17) is 27.3 Å². The molecule has 0 radical (unpaired) electrons. The fourth-order valence-corrected chi connectivity index (χ4v) is 2.82. The van der Waals surface area contributed by atoms with Crippen molar-refractivity contribution in [3.05, 3.63) is 63.6 Å². The fourth-order valence-electron chi connectivity index (χ4n) is 2.65. The van der Waals surface area contributed by atoms with Gasteiger partial charge in [-0.1, -0.05) is 11.6 Å². The Morgan fingerprint density at radius 1 is 1.20 bits per heavy atom. The Morgan fingerprint density at radius 2 is 2.00 bits per heavy atom. The van der Waals surface area contributed by atoms with E-state index >= 15 is 0 Å². The van der Waals surface area contributed by atoms with Crippen LogP contribution in [0.3, 0.4) is 0 Å². The Kier molecular flexibility index (Phi) is 6.36. The lowest BCUT2D eigenvalue weighted by Gasteiger charge is -2.13. The summed E-state index contributed by atoms with van der Waals surface area (Å²) in [4.78, 5) is 12.4. The van der Waals surface area contributed by atoms with E-state index in [1.165, 1.54) is 24.3 Å². The van der Waals surface area contributed by atoms with Crippen LogP contribution in [0.4, 0.5) is 16.3 Å². The number of amides is 2. The van der Waals surface area contributed by atoms with E-state index in [0.29, 0.717) is 39.8 Å². The molecule has 4 N–H and O–H groups in total. The van der Waals surface area contributed by atoms with Crippen molar-refractivity contribution < 1.29 is 19.0 Å². The molecule has 2 aromatic carbocycles. The minimum absolute atomic E-state index is 0.0559. The van der Waals surface area contributed by atoms with Crippen molar-refractivity contribution in [3.63, 3.8) is 0 Å². The molecule has 1 heterocycles. The second-order valence-electron chi connectivity index (χ2n) is 6.16. The number of anilines is 2. The Hall–Kier alpha value is -3.81. The van der Waals surface area contributed by atoms with Gasteiger partial charge in [-0.25, -0.2) is 9.52 Å². The topological polar surface area (TPSA) is 154 Å². The molecule has 0 spiro atoms. The number of urea groups is 1. The van der Waals surface area contributed by atoms with E-state index in [1.807, 2.05) is 6.07 Å². The third-order valence-electron chi connectivity index (χ3n) is 4.06. The molecule has 0 aliphatic carbocycles. The van der Waals surface area contributed by atoms with Crippen LogP contribution in [0.1, 0.15) is 12.0 Å². The first-order chi connectivity index (χ1) is 14.4. The van der Waals surface area contributed by atoms with Crippen LogP contribution >= 0.6 is 11.6 Å². The van der Waals surface area contributed by atoms with E-state index in [9.17, 15) is 15.2 Å². The standard InChI is InChI=1S/C19H17ClN6O4/c20-13-3-5-17(30-7-1-6-21)14(9-13)23-19(27)24-18-11-25(28)15-4-2-12(10-22)8-16(15)26(18)29/h2-5,8-9,11H,1,6-7,21H2,(H2,23,24,27). The summed E-state index contributed by atoms with van der Waals surface area (Å²) < 4.78 is 6.37. The van der Waals surface area contributed by atoms with Crippen LogP contribution in [0.2, 0.25) is 5.02 Å². The second kappa shape index (κ2) is 9.13. The highest BCUT2D eigenvalue weighted by Crippen LogP contribution is 2.28. The predicted molar refractivity (Wildman–Crippen MR) is 110 cm³/mol. The lowest BCUT2D eigenvalue weighted by atomic mass is 10.2. The molecule has 0 aliphatic heterocycles. The quantitative estimate of drug-likeness (QED) is 0.310. The summed E-state index contributed by atoms with van der Waals surface area (Å²) in [6.07, 6.45) is 1.55. The number of fused-ring (bicyclic) bond motifs is 1. The molecular formula is C19H17ClN6O4. The molecule has 0 unspecified atom stereocenters. The molecular weight excluding hydrogens is 412 g/mol. The highest BCUT2D eigenvalue weighted by atomic mass is 35.5. The molecule has 1 aromatic heterocycles. The Bertz CT molecular complexity index is 1150. The smallest absolute Gasteiger partial charge is 0.411 e. The zero-order chi connectivity index (χ0) is 21.7. The number of carbonyl (C=O) groups is 1. The van der Waals surface area contributed by atoms with Gasteiger partial charge >= 0.3 is 11.8 Å². The van der Waals surface area contributed by atoms with Crippen LogP contribution in [-0.4, -0.2) is 19.2 Å². The number of rotatable bonds is 6. The van der Waals surface area contributed by atoms with Crippen molar-refractivity contribution in [1.29, 1.82) is 5.26 Å². The third-order valence-corrected chi connectivity index (χ3v) is 4.29. The van der Waals surface area contributed by atoms with Crippen LogP contribution in [-0.2, 0) is 0 Å². The first-order valence-corrected chi connectivity index (χ1v) is 9.20. The maximum absolute atomic E-state index is 12.6. The lowest BCUT2D eigenvalue weighted by molar-refractivity contribution is -0.618. The van der Waals surface area contributed by atoms with Gasteiger partial charge in [0.05, 0.1) is 23.9 Å². The van der Waals surface area contributed by atoms with E-state index in [0.717, 1.165) is 6.20 Å². The number of aromatic nitrogens is 2. The van der Waals surface area contributed by atoms with Gasteiger partial charge in [0.15, 0.2) is 0 Å². The largest absolute Gasteiger partial charge is 0.710 e. The molecule has 3 rings (SSSR count). The van der Waals surface area contributed by atoms with Crippen molar-refractivity contribution in [2.45, 2.75) is 6.42 Å². The number of hydrogen-bond donors (Lipinski definition) is 3. The Balaban J connectivity index is 1.85. The van der Waals surface area contributed by atoms with Crippen LogP contribution in [0.15, 0.2) is 42.6 Å². The lowest BCUT2D eigenvalue weighted by Crippen LogP contribution is -2.42. The number of carbonyl (C=O) groups excluding carboxylic acids is 1. The van der Waals surface area contributed by atoms with Gasteiger partial charge in [0.1, 0.15) is 5.75 Å². The molecule has 0 atom stereocenters. The van der Waals surface area contributed by atoms with Crippen LogP contribution < -0.4 is 30.6 Å². The van der Waals surface area contributed by atoms with Gasteiger partial charge < -0.3 is 20.9 Å². The number of nitrogens with two attached hydrogens (primary N) is 1. The van der Waals surface area contributed by atoms with Gasteiger partial charge in [-0.2, -0.15) is 15.3 Å². The summed E-state index contributed by atoms with van der Waals surface area (Å²) in [5.41, 5.74) is 5.92. The van der Waals surface area contributed by atoms with Crippen LogP contribution in [0.5, 0.6) is 5.75 Å². The normalized spacial score (nSPS) is 10.4. The van der Waals surface area contributed by atoms with Crippen molar-refractivity contribution in [2.75, 3.05) is 23.8 Å². The van der Waals surface area contributed by atoms with Gasteiger partial charge in [-0.3, -0.25) is 5.32 Å². The summed E-state index contributed by atoms with van der Waals surface area (Å²) in [7, 11) is 0. The summed E-state index contributed by atoms with van der Waals surface area (Å²) in [6, 6.07) is 9.82. The van der Waals surface area contributed by atoms with E-state index in [1.54, 1.807) is 12.1 Å². The average molecular weight is 429 g/mol. The Morgan fingerprint density at radius 3 is 2.73 bits per heavy atom. The number of ether oxygens (including phenoxy) is 1. The van der Waals surface area contributed by atoms with Gasteiger partial charge in [-0.05, 0) is 37.2 Å². The number of nitriles is 1.